The van der Waals surface area contributed by atoms with Gasteiger partial charge in [-0.15, -0.1) is 0 Å². The predicted octanol–water partition coefficient (Wildman–Crippen LogP) is 2.98. The van der Waals surface area contributed by atoms with E-state index < -0.39 is 0 Å². The fraction of sp³-hybridized carbons (Fsp3) is 0.214. The summed E-state index contributed by atoms with van der Waals surface area (Å²) in [6, 6.07) is 8.88. The SMILES string of the molecule is CNCc1nc(Oc2ccc3c(c2)OCO3)ccc1Cl. The molecule has 1 aromatic heterocycles. The van der Waals surface area contributed by atoms with Crippen molar-refractivity contribution in [1.82, 2.24) is 10.3 Å². The van der Waals surface area contributed by atoms with Crippen molar-refractivity contribution in [1.29, 1.82) is 0 Å². The second-order valence-corrected chi connectivity index (χ2v) is 4.63. The smallest absolute Gasteiger partial charge is 0.231 e. The molecular formula is C14H13ClN2O3. The van der Waals surface area contributed by atoms with Gasteiger partial charge in [-0.3, -0.25) is 0 Å². The molecule has 5 nitrogen and oxygen atoms in total. The quantitative estimate of drug-likeness (QED) is 0.939. The van der Waals surface area contributed by atoms with Crippen LogP contribution in [0.3, 0.4) is 0 Å². The van der Waals surface area contributed by atoms with Crippen molar-refractivity contribution in [2.45, 2.75) is 6.54 Å². The lowest BCUT2D eigenvalue weighted by Gasteiger charge is -2.08. The van der Waals surface area contributed by atoms with Gasteiger partial charge in [-0.25, -0.2) is 4.98 Å². The van der Waals surface area contributed by atoms with E-state index in [1.54, 1.807) is 18.2 Å². The predicted molar refractivity (Wildman–Crippen MR) is 74.6 cm³/mol. The van der Waals surface area contributed by atoms with Gasteiger partial charge < -0.3 is 19.5 Å². The maximum atomic E-state index is 6.06. The third kappa shape index (κ3) is 2.64. The summed E-state index contributed by atoms with van der Waals surface area (Å²) in [4.78, 5) is 4.36. The second-order valence-electron chi connectivity index (χ2n) is 4.23. The number of fused-ring (bicyclic) bond motifs is 1. The zero-order valence-corrected chi connectivity index (χ0v) is 11.6. The molecule has 1 aliphatic rings. The highest BCUT2D eigenvalue weighted by Crippen LogP contribution is 2.36. The van der Waals surface area contributed by atoms with Gasteiger partial charge in [0.25, 0.3) is 0 Å². The molecule has 2 aromatic rings. The average Bonchev–Trinajstić information content (AvgIpc) is 2.90. The fourth-order valence-electron chi connectivity index (χ4n) is 1.87. The van der Waals surface area contributed by atoms with Crippen molar-refractivity contribution in [3.8, 4) is 23.1 Å². The number of hydrogen-bond acceptors (Lipinski definition) is 5. The van der Waals surface area contributed by atoms with Gasteiger partial charge >= 0.3 is 0 Å². The Morgan fingerprint density at radius 2 is 2.10 bits per heavy atom. The molecule has 0 spiro atoms. The third-order valence-corrected chi connectivity index (χ3v) is 3.15. The van der Waals surface area contributed by atoms with Crippen molar-refractivity contribution < 1.29 is 14.2 Å². The average molecular weight is 293 g/mol. The molecule has 0 saturated heterocycles. The van der Waals surface area contributed by atoms with Gasteiger partial charge in [0, 0.05) is 18.7 Å². The van der Waals surface area contributed by atoms with Crippen LogP contribution < -0.4 is 19.5 Å². The van der Waals surface area contributed by atoms with E-state index in [1.165, 1.54) is 0 Å². The molecule has 0 atom stereocenters. The maximum Gasteiger partial charge on any atom is 0.231 e. The summed E-state index contributed by atoms with van der Waals surface area (Å²) in [6.45, 7) is 0.821. The lowest BCUT2D eigenvalue weighted by molar-refractivity contribution is 0.174. The zero-order valence-electron chi connectivity index (χ0n) is 10.9. The van der Waals surface area contributed by atoms with E-state index in [0.717, 1.165) is 11.4 Å². The summed E-state index contributed by atoms with van der Waals surface area (Å²) in [6.07, 6.45) is 0. The molecule has 0 fully saturated rings. The minimum Gasteiger partial charge on any atom is -0.454 e. The molecule has 0 saturated carbocycles. The van der Waals surface area contributed by atoms with Gasteiger partial charge in [-0.1, -0.05) is 11.6 Å². The lowest BCUT2D eigenvalue weighted by Crippen LogP contribution is -2.07. The van der Waals surface area contributed by atoms with Crippen LogP contribution in [0.1, 0.15) is 5.69 Å². The summed E-state index contributed by atoms with van der Waals surface area (Å²) in [5.41, 5.74) is 0.743. The van der Waals surface area contributed by atoms with E-state index in [2.05, 4.69) is 10.3 Å². The van der Waals surface area contributed by atoms with Gasteiger partial charge in [-0.2, -0.15) is 0 Å². The van der Waals surface area contributed by atoms with Crippen LogP contribution >= 0.6 is 11.6 Å². The molecule has 2 heterocycles. The van der Waals surface area contributed by atoms with E-state index >= 15 is 0 Å². The number of ether oxygens (including phenoxy) is 3. The van der Waals surface area contributed by atoms with Crippen LogP contribution in [0.5, 0.6) is 23.1 Å². The number of nitrogens with zero attached hydrogens (tertiary/aromatic N) is 1. The highest BCUT2D eigenvalue weighted by atomic mass is 35.5. The van der Waals surface area contributed by atoms with Crippen LogP contribution in [0.4, 0.5) is 0 Å². The molecule has 104 valence electrons. The van der Waals surface area contributed by atoms with Crippen LogP contribution in [0.25, 0.3) is 0 Å². The standard InChI is InChI=1S/C14H13ClN2O3/c1-16-7-11-10(15)3-5-14(17-11)20-9-2-4-12-13(6-9)19-8-18-12/h2-6,16H,7-8H2,1H3. The first-order chi connectivity index (χ1) is 9.76. The Morgan fingerprint density at radius 3 is 2.95 bits per heavy atom. The first-order valence-corrected chi connectivity index (χ1v) is 6.51. The minimum absolute atomic E-state index is 0.240. The Hall–Kier alpha value is -1.98. The van der Waals surface area contributed by atoms with Crippen LogP contribution in [0, 0.1) is 0 Å². The van der Waals surface area contributed by atoms with E-state index in [0.29, 0.717) is 28.9 Å². The molecule has 0 aliphatic carbocycles. The number of aromatic nitrogens is 1. The highest BCUT2D eigenvalue weighted by Gasteiger charge is 2.14. The molecule has 1 aromatic carbocycles. The van der Waals surface area contributed by atoms with Crippen LogP contribution in [-0.2, 0) is 6.54 Å². The second kappa shape index (κ2) is 5.56. The first-order valence-electron chi connectivity index (χ1n) is 6.14. The number of benzene rings is 1. The fourth-order valence-corrected chi connectivity index (χ4v) is 2.05. The Bertz CT molecular complexity index is 634. The Balaban J connectivity index is 1.82. The van der Waals surface area contributed by atoms with Crippen LogP contribution in [0.15, 0.2) is 30.3 Å². The maximum absolute atomic E-state index is 6.06. The molecular weight excluding hydrogens is 280 g/mol. The lowest BCUT2D eigenvalue weighted by atomic mass is 10.3. The molecule has 3 rings (SSSR count). The summed E-state index contributed by atoms with van der Waals surface area (Å²) in [5.74, 6) is 2.52. The summed E-state index contributed by atoms with van der Waals surface area (Å²) >= 11 is 6.06. The molecule has 1 N–H and O–H groups in total. The number of pyridine rings is 1. The number of nitrogens with one attached hydrogen (secondary N) is 1. The van der Waals surface area contributed by atoms with Gasteiger partial charge in [0.2, 0.25) is 12.7 Å². The summed E-state index contributed by atoms with van der Waals surface area (Å²) < 4.78 is 16.3. The molecule has 0 unspecified atom stereocenters. The molecule has 20 heavy (non-hydrogen) atoms. The topological polar surface area (TPSA) is 52.6 Å². The van der Waals surface area contributed by atoms with Crippen molar-refractivity contribution >= 4 is 11.6 Å². The minimum atomic E-state index is 0.240. The summed E-state index contributed by atoms with van der Waals surface area (Å²) in [5, 5.41) is 3.62. The largest absolute Gasteiger partial charge is 0.454 e. The van der Waals surface area contributed by atoms with E-state index in [1.807, 2.05) is 19.2 Å². The monoisotopic (exact) mass is 292 g/mol. The van der Waals surface area contributed by atoms with Crippen molar-refractivity contribution in [2.75, 3.05) is 13.8 Å². The third-order valence-electron chi connectivity index (χ3n) is 2.80. The molecule has 0 bridgehead atoms. The number of halogens is 1. The van der Waals surface area contributed by atoms with Gasteiger partial charge in [0.15, 0.2) is 11.5 Å². The molecule has 0 amide bonds. The molecule has 1 aliphatic heterocycles. The Kier molecular flexibility index (Phi) is 3.62. The molecule has 0 radical (unpaired) electrons. The zero-order chi connectivity index (χ0) is 13.9. The van der Waals surface area contributed by atoms with E-state index in [-0.39, 0.29) is 6.79 Å². The number of rotatable bonds is 4. The van der Waals surface area contributed by atoms with E-state index in [4.69, 9.17) is 25.8 Å². The Morgan fingerprint density at radius 1 is 1.25 bits per heavy atom. The van der Waals surface area contributed by atoms with E-state index in [9.17, 15) is 0 Å². The number of hydrogen-bond donors (Lipinski definition) is 1. The van der Waals surface area contributed by atoms with Crippen molar-refractivity contribution in [3.63, 3.8) is 0 Å². The van der Waals surface area contributed by atoms with Gasteiger partial charge in [0.1, 0.15) is 5.75 Å². The summed E-state index contributed by atoms with van der Waals surface area (Å²) in [7, 11) is 1.84. The first kappa shape index (κ1) is 13.0. The normalized spacial score (nSPS) is 12.5. The van der Waals surface area contributed by atoms with Gasteiger partial charge in [-0.05, 0) is 25.2 Å². The Labute approximate surface area is 121 Å². The van der Waals surface area contributed by atoms with Crippen molar-refractivity contribution in [3.05, 3.63) is 41.0 Å². The van der Waals surface area contributed by atoms with Crippen LogP contribution in [0.2, 0.25) is 5.02 Å². The van der Waals surface area contributed by atoms with Crippen molar-refractivity contribution in [2.24, 2.45) is 0 Å². The van der Waals surface area contributed by atoms with Gasteiger partial charge in [0.05, 0.1) is 10.7 Å². The van der Waals surface area contributed by atoms with Crippen LogP contribution in [-0.4, -0.2) is 18.8 Å². The molecule has 6 heteroatoms. The highest BCUT2D eigenvalue weighted by molar-refractivity contribution is 6.31.